The van der Waals surface area contributed by atoms with Crippen molar-refractivity contribution >= 4 is 12.1 Å². The molecule has 0 aliphatic carbocycles. The van der Waals surface area contributed by atoms with Crippen LogP contribution in [0.5, 0.6) is 0 Å². The maximum atomic E-state index is 12.3. The van der Waals surface area contributed by atoms with E-state index in [0.29, 0.717) is 52.5 Å². The molecule has 4 amide bonds. The third-order valence-corrected chi connectivity index (χ3v) is 3.78. The van der Waals surface area contributed by atoms with Gasteiger partial charge in [0.2, 0.25) is 0 Å². The SMILES string of the molecule is O=C(N1CCOCC1)N1CCN2C(=O)NCC2C1. The fourth-order valence-electron chi connectivity index (χ4n) is 2.73. The lowest BCUT2D eigenvalue weighted by molar-refractivity contribution is 0.0368. The molecule has 0 bridgehead atoms. The summed E-state index contributed by atoms with van der Waals surface area (Å²) < 4.78 is 5.25. The van der Waals surface area contributed by atoms with E-state index in [1.165, 1.54) is 0 Å². The minimum atomic E-state index is -0.00142. The summed E-state index contributed by atoms with van der Waals surface area (Å²) in [4.78, 5) is 29.3. The Hall–Kier alpha value is -1.50. The molecule has 18 heavy (non-hydrogen) atoms. The van der Waals surface area contributed by atoms with Crippen LogP contribution in [0.3, 0.4) is 0 Å². The molecule has 0 aromatic carbocycles. The normalized spacial score (nSPS) is 28.1. The number of fused-ring (bicyclic) bond motifs is 1. The van der Waals surface area contributed by atoms with Gasteiger partial charge in [-0.15, -0.1) is 0 Å². The number of ether oxygens (including phenoxy) is 1. The van der Waals surface area contributed by atoms with Crippen molar-refractivity contribution in [3.8, 4) is 0 Å². The Morgan fingerprint density at radius 1 is 1.17 bits per heavy atom. The molecule has 1 unspecified atom stereocenters. The van der Waals surface area contributed by atoms with Crippen LogP contribution in [0.2, 0.25) is 0 Å². The molecular formula is C11H18N4O3. The van der Waals surface area contributed by atoms with E-state index in [9.17, 15) is 9.59 Å². The quantitative estimate of drug-likeness (QED) is 0.612. The molecule has 3 rings (SSSR count). The number of urea groups is 2. The summed E-state index contributed by atoms with van der Waals surface area (Å²) in [6.45, 7) is 5.11. The van der Waals surface area contributed by atoms with Gasteiger partial charge >= 0.3 is 12.1 Å². The summed E-state index contributed by atoms with van der Waals surface area (Å²) in [7, 11) is 0. The number of hydrogen-bond acceptors (Lipinski definition) is 3. The molecule has 3 fully saturated rings. The van der Waals surface area contributed by atoms with Crippen LogP contribution < -0.4 is 5.32 Å². The van der Waals surface area contributed by atoms with E-state index < -0.39 is 0 Å². The molecule has 0 radical (unpaired) electrons. The molecule has 3 aliphatic heterocycles. The zero-order valence-corrected chi connectivity index (χ0v) is 10.3. The van der Waals surface area contributed by atoms with Crippen LogP contribution in [-0.4, -0.2) is 85.3 Å². The van der Waals surface area contributed by atoms with Crippen molar-refractivity contribution in [1.29, 1.82) is 0 Å². The second-order valence-electron chi connectivity index (χ2n) is 4.86. The van der Waals surface area contributed by atoms with Crippen molar-refractivity contribution in [1.82, 2.24) is 20.0 Å². The van der Waals surface area contributed by atoms with Crippen molar-refractivity contribution < 1.29 is 14.3 Å². The molecular weight excluding hydrogens is 236 g/mol. The molecule has 0 aromatic heterocycles. The molecule has 3 heterocycles. The van der Waals surface area contributed by atoms with Crippen LogP contribution in [0.1, 0.15) is 0 Å². The number of morpholine rings is 1. The smallest absolute Gasteiger partial charge is 0.320 e. The summed E-state index contributed by atoms with van der Waals surface area (Å²) in [6.07, 6.45) is 0. The van der Waals surface area contributed by atoms with Crippen molar-refractivity contribution in [2.24, 2.45) is 0 Å². The van der Waals surface area contributed by atoms with Crippen molar-refractivity contribution in [3.63, 3.8) is 0 Å². The van der Waals surface area contributed by atoms with Gasteiger partial charge in [-0.2, -0.15) is 0 Å². The number of piperazine rings is 1. The van der Waals surface area contributed by atoms with Gasteiger partial charge in [-0.25, -0.2) is 9.59 Å². The number of nitrogens with one attached hydrogen (secondary N) is 1. The Morgan fingerprint density at radius 2 is 1.94 bits per heavy atom. The van der Waals surface area contributed by atoms with Gasteiger partial charge < -0.3 is 24.8 Å². The topological polar surface area (TPSA) is 65.1 Å². The van der Waals surface area contributed by atoms with E-state index in [1.807, 2.05) is 14.7 Å². The average molecular weight is 254 g/mol. The minimum absolute atomic E-state index is 0.00142. The molecule has 0 spiro atoms. The molecule has 3 saturated heterocycles. The van der Waals surface area contributed by atoms with Crippen molar-refractivity contribution in [3.05, 3.63) is 0 Å². The molecule has 0 aromatic rings. The van der Waals surface area contributed by atoms with Crippen LogP contribution >= 0.6 is 0 Å². The van der Waals surface area contributed by atoms with Gasteiger partial charge in [0.25, 0.3) is 0 Å². The molecule has 1 N–H and O–H groups in total. The van der Waals surface area contributed by atoms with E-state index in [-0.39, 0.29) is 18.1 Å². The number of carbonyl (C=O) groups excluding carboxylic acids is 2. The molecule has 3 aliphatic rings. The van der Waals surface area contributed by atoms with Crippen molar-refractivity contribution in [2.45, 2.75) is 6.04 Å². The fourth-order valence-corrected chi connectivity index (χ4v) is 2.73. The van der Waals surface area contributed by atoms with Gasteiger partial charge in [0.1, 0.15) is 0 Å². The lowest BCUT2D eigenvalue weighted by Gasteiger charge is -2.39. The number of rotatable bonds is 0. The monoisotopic (exact) mass is 254 g/mol. The Kier molecular flexibility index (Phi) is 2.99. The van der Waals surface area contributed by atoms with E-state index in [0.717, 1.165) is 0 Å². The molecule has 0 saturated carbocycles. The van der Waals surface area contributed by atoms with Gasteiger partial charge in [-0.1, -0.05) is 0 Å². The highest BCUT2D eigenvalue weighted by molar-refractivity contribution is 5.79. The summed E-state index contributed by atoms with van der Waals surface area (Å²) in [5.74, 6) is 0. The number of amides is 4. The third-order valence-electron chi connectivity index (χ3n) is 3.78. The Bertz CT molecular complexity index is 356. The highest BCUT2D eigenvalue weighted by Crippen LogP contribution is 2.16. The molecule has 100 valence electrons. The van der Waals surface area contributed by atoms with E-state index in [1.54, 1.807) is 0 Å². The predicted octanol–water partition coefficient (Wildman–Crippen LogP) is -0.852. The summed E-state index contributed by atoms with van der Waals surface area (Å²) in [5.41, 5.74) is 0. The first kappa shape index (κ1) is 11.6. The minimum Gasteiger partial charge on any atom is -0.378 e. The van der Waals surface area contributed by atoms with E-state index in [4.69, 9.17) is 4.74 Å². The number of carbonyl (C=O) groups is 2. The van der Waals surface area contributed by atoms with Gasteiger partial charge in [-0.3, -0.25) is 0 Å². The largest absolute Gasteiger partial charge is 0.378 e. The number of nitrogens with zero attached hydrogens (tertiary/aromatic N) is 3. The van der Waals surface area contributed by atoms with Gasteiger partial charge in [0.05, 0.1) is 19.3 Å². The first-order valence-corrected chi connectivity index (χ1v) is 6.42. The zero-order chi connectivity index (χ0) is 12.5. The third kappa shape index (κ3) is 1.98. The maximum absolute atomic E-state index is 12.3. The van der Waals surface area contributed by atoms with Crippen LogP contribution in [0.25, 0.3) is 0 Å². The first-order valence-electron chi connectivity index (χ1n) is 6.42. The van der Waals surface area contributed by atoms with Gasteiger partial charge in [-0.05, 0) is 0 Å². The Balaban J connectivity index is 1.60. The Labute approximate surface area is 106 Å². The second-order valence-corrected chi connectivity index (χ2v) is 4.86. The number of hydrogen-bond donors (Lipinski definition) is 1. The summed E-state index contributed by atoms with van der Waals surface area (Å²) in [5, 5.41) is 2.82. The van der Waals surface area contributed by atoms with Crippen LogP contribution in [0.15, 0.2) is 0 Å². The summed E-state index contributed by atoms with van der Waals surface area (Å²) >= 11 is 0. The highest BCUT2D eigenvalue weighted by atomic mass is 16.5. The maximum Gasteiger partial charge on any atom is 0.320 e. The van der Waals surface area contributed by atoms with E-state index in [2.05, 4.69) is 5.32 Å². The highest BCUT2D eigenvalue weighted by Gasteiger charge is 2.37. The summed E-state index contributed by atoms with van der Waals surface area (Å²) in [6, 6.07) is 0.215. The van der Waals surface area contributed by atoms with Gasteiger partial charge in [0, 0.05) is 39.3 Å². The van der Waals surface area contributed by atoms with Crippen LogP contribution in [-0.2, 0) is 4.74 Å². The average Bonchev–Trinajstić information content (AvgIpc) is 2.80. The molecule has 7 nitrogen and oxygen atoms in total. The molecule has 1 atom stereocenters. The lowest BCUT2D eigenvalue weighted by Crippen LogP contribution is -2.57. The predicted molar refractivity (Wildman–Crippen MR) is 63.3 cm³/mol. The first-order chi connectivity index (χ1) is 8.75. The zero-order valence-electron chi connectivity index (χ0n) is 10.3. The van der Waals surface area contributed by atoms with E-state index >= 15 is 0 Å². The van der Waals surface area contributed by atoms with Crippen LogP contribution in [0.4, 0.5) is 9.59 Å². The Morgan fingerprint density at radius 3 is 2.72 bits per heavy atom. The van der Waals surface area contributed by atoms with Crippen molar-refractivity contribution in [2.75, 3.05) is 52.5 Å². The lowest BCUT2D eigenvalue weighted by atomic mass is 10.2. The standard InChI is InChI=1S/C11H18N4O3/c16-10-12-7-9-8-14(1-2-15(9)10)11(17)13-3-5-18-6-4-13/h9H,1-8H2,(H,12,16). The molecule has 7 heteroatoms. The second kappa shape index (κ2) is 4.64. The van der Waals surface area contributed by atoms with Gasteiger partial charge in [0.15, 0.2) is 0 Å². The van der Waals surface area contributed by atoms with Crippen LogP contribution in [0, 0.1) is 0 Å². The fraction of sp³-hybridized carbons (Fsp3) is 0.818.